The van der Waals surface area contributed by atoms with Crippen LogP contribution in [0, 0.1) is 0 Å². The van der Waals surface area contributed by atoms with Crippen LogP contribution in [-0.2, 0) is 14.9 Å². The van der Waals surface area contributed by atoms with E-state index in [-0.39, 0.29) is 12.6 Å². The molecule has 0 radical (unpaired) electrons. The Morgan fingerprint density at radius 3 is 2.93 bits per heavy atom. The number of ether oxygens (including phenoxy) is 1. The molecule has 0 bridgehead atoms. The Morgan fingerprint density at radius 1 is 1.64 bits per heavy atom. The van der Waals surface area contributed by atoms with E-state index in [4.69, 9.17) is 9.88 Å². The van der Waals surface area contributed by atoms with Gasteiger partial charge < -0.3 is 4.74 Å². The maximum absolute atomic E-state index is 10.6. The first-order valence-electron chi connectivity index (χ1n) is 4.62. The maximum Gasteiger partial charge on any atom is 0.274 e. The zero-order valence-corrected chi connectivity index (χ0v) is 9.09. The van der Waals surface area contributed by atoms with E-state index in [0.29, 0.717) is 6.61 Å². The monoisotopic (exact) mass is 223 g/mol. The number of morpholine rings is 1. The quantitative estimate of drug-likeness (QED) is 0.607. The van der Waals surface area contributed by atoms with Crippen LogP contribution in [0.4, 0.5) is 0 Å². The van der Waals surface area contributed by atoms with Gasteiger partial charge in [0, 0.05) is 19.6 Å². The Bertz CT molecular complexity index is 267. The second-order valence-electron chi connectivity index (χ2n) is 3.28. The molecule has 0 aliphatic carbocycles. The minimum Gasteiger partial charge on any atom is -0.374 e. The fourth-order valence-corrected chi connectivity index (χ4v) is 1.82. The average Bonchev–Trinajstić information content (AvgIpc) is 2.14. The highest BCUT2D eigenvalue weighted by Crippen LogP contribution is 2.03. The molecule has 0 aromatic rings. The largest absolute Gasteiger partial charge is 0.374 e. The molecule has 0 aromatic heterocycles. The van der Waals surface area contributed by atoms with Gasteiger partial charge in [0.05, 0.1) is 12.7 Å². The van der Waals surface area contributed by atoms with Crippen molar-refractivity contribution in [3.8, 4) is 0 Å². The molecule has 0 aromatic carbocycles. The molecule has 1 heterocycles. The molecule has 1 rings (SSSR count). The molecule has 1 aliphatic rings. The molecule has 1 saturated heterocycles. The summed E-state index contributed by atoms with van der Waals surface area (Å²) < 4.78 is 28.9. The van der Waals surface area contributed by atoms with Crippen molar-refractivity contribution in [2.75, 3.05) is 32.8 Å². The van der Waals surface area contributed by atoms with Crippen LogP contribution < -0.4 is 9.86 Å². The van der Waals surface area contributed by atoms with Gasteiger partial charge in [-0.2, -0.15) is 13.1 Å². The van der Waals surface area contributed by atoms with E-state index in [1.165, 1.54) is 0 Å². The smallest absolute Gasteiger partial charge is 0.274 e. The molecule has 1 atom stereocenters. The first kappa shape index (κ1) is 11.9. The van der Waals surface area contributed by atoms with Crippen molar-refractivity contribution in [2.24, 2.45) is 5.14 Å². The molecule has 0 saturated carbocycles. The Morgan fingerprint density at radius 2 is 2.36 bits per heavy atom. The predicted octanol–water partition coefficient (Wildman–Crippen LogP) is -1.50. The summed E-state index contributed by atoms with van der Waals surface area (Å²) in [5.74, 6) is 0. The van der Waals surface area contributed by atoms with E-state index in [2.05, 4.69) is 16.5 Å². The Labute approximate surface area is 84.6 Å². The van der Waals surface area contributed by atoms with Crippen molar-refractivity contribution in [1.82, 2.24) is 9.62 Å². The SMILES string of the molecule is CCN1CCOC(CNS(N)(=O)=O)C1. The second-order valence-corrected chi connectivity index (χ2v) is 4.66. The van der Waals surface area contributed by atoms with Crippen molar-refractivity contribution in [3.05, 3.63) is 0 Å². The van der Waals surface area contributed by atoms with Gasteiger partial charge in [-0.1, -0.05) is 6.92 Å². The van der Waals surface area contributed by atoms with E-state index < -0.39 is 10.2 Å². The first-order valence-corrected chi connectivity index (χ1v) is 6.17. The highest BCUT2D eigenvalue weighted by molar-refractivity contribution is 7.87. The summed E-state index contributed by atoms with van der Waals surface area (Å²) in [6, 6.07) is 0. The molecular formula is C7H17N3O3S. The third-order valence-electron chi connectivity index (χ3n) is 2.18. The fourth-order valence-electron chi connectivity index (χ4n) is 1.40. The minimum atomic E-state index is -3.60. The van der Waals surface area contributed by atoms with Gasteiger partial charge in [-0.05, 0) is 6.54 Å². The van der Waals surface area contributed by atoms with E-state index in [1.54, 1.807) is 0 Å². The molecule has 0 amide bonds. The lowest BCUT2D eigenvalue weighted by molar-refractivity contribution is -0.0229. The van der Waals surface area contributed by atoms with Gasteiger partial charge in [0.1, 0.15) is 0 Å². The normalized spacial score (nSPS) is 25.1. The van der Waals surface area contributed by atoms with Crippen LogP contribution >= 0.6 is 0 Å². The van der Waals surface area contributed by atoms with Crippen LogP contribution in [0.5, 0.6) is 0 Å². The van der Waals surface area contributed by atoms with Crippen LogP contribution in [0.25, 0.3) is 0 Å². The summed E-state index contributed by atoms with van der Waals surface area (Å²) in [7, 11) is -3.60. The Kier molecular flexibility index (Phi) is 4.27. The summed E-state index contributed by atoms with van der Waals surface area (Å²) in [6.07, 6.45) is -0.0953. The molecule has 0 spiro atoms. The van der Waals surface area contributed by atoms with E-state index >= 15 is 0 Å². The number of hydrogen-bond donors (Lipinski definition) is 2. The van der Waals surface area contributed by atoms with Crippen molar-refractivity contribution in [1.29, 1.82) is 0 Å². The summed E-state index contributed by atoms with van der Waals surface area (Å²) in [5.41, 5.74) is 0. The first-order chi connectivity index (χ1) is 6.51. The van der Waals surface area contributed by atoms with Crippen LogP contribution in [-0.4, -0.2) is 52.2 Å². The standard InChI is InChI=1S/C7H17N3O3S/c1-2-10-3-4-13-7(6-10)5-9-14(8,11)12/h7,9H,2-6H2,1H3,(H2,8,11,12). The van der Waals surface area contributed by atoms with Gasteiger partial charge in [0.15, 0.2) is 0 Å². The number of nitrogens with zero attached hydrogens (tertiary/aromatic N) is 1. The fraction of sp³-hybridized carbons (Fsp3) is 1.00. The highest BCUT2D eigenvalue weighted by atomic mass is 32.2. The summed E-state index contributed by atoms with van der Waals surface area (Å²) in [4.78, 5) is 2.21. The predicted molar refractivity (Wildman–Crippen MR) is 53.0 cm³/mol. The Balaban J connectivity index is 2.31. The van der Waals surface area contributed by atoms with Gasteiger partial charge in [-0.25, -0.2) is 5.14 Å². The van der Waals surface area contributed by atoms with Crippen LogP contribution in [0.15, 0.2) is 0 Å². The van der Waals surface area contributed by atoms with Gasteiger partial charge in [0.25, 0.3) is 10.2 Å². The van der Waals surface area contributed by atoms with E-state index in [0.717, 1.165) is 19.6 Å². The molecule has 1 aliphatic heterocycles. The zero-order valence-electron chi connectivity index (χ0n) is 8.27. The average molecular weight is 223 g/mol. The van der Waals surface area contributed by atoms with Gasteiger partial charge in [-0.15, -0.1) is 0 Å². The molecule has 6 nitrogen and oxygen atoms in total. The molecule has 14 heavy (non-hydrogen) atoms. The number of hydrogen-bond acceptors (Lipinski definition) is 4. The molecule has 84 valence electrons. The summed E-state index contributed by atoms with van der Waals surface area (Å²) in [6.45, 7) is 5.56. The number of nitrogens with two attached hydrogens (primary N) is 1. The lowest BCUT2D eigenvalue weighted by Crippen LogP contribution is -2.48. The van der Waals surface area contributed by atoms with Crippen LogP contribution in [0.3, 0.4) is 0 Å². The minimum absolute atomic E-state index is 0.0953. The molecule has 1 unspecified atom stereocenters. The van der Waals surface area contributed by atoms with Crippen molar-refractivity contribution in [3.63, 3.8) is 0 Å². The van der Waals surface area contributed by atoms with Crippen molar-refractivity contribution < 1.29 is 13.2 Å². The summed E-state index contributed by atoms with van der Waals surface area (Å²) in [5, 5.41) is 4.81. The third kappa shape index (κ3) is 4.34. The van der Waals surface area contributed by atoms with E-state index in [1.807, 2.05) is 0 Å². The van der Waals surface area contributed by atoms with Crippen LogP contribution in [0.1, 0.15) is 6.92 Å². The number of nitrogens with one attached hydrogen (secondary N) is 1. The summed E-state index contributed by atoms with van der Waals surface area (Å²) >= 11 is 0. The Hall–Kier alpha value is -0.210. The topological polar surface area (TPSA) is 84.7 Å². The lowest BCUT2D eigenvalue weighted by Gasteiger charge is -2.31. The van der Waals surface area contributed by atoms with Gasteiger partial charge in [-0.3, -0.25) is 4.90 Å². The number of rotatable bonds is 4. The second kappa shape index (κ2) is 5.04. The van der Waals surface area contributed by atoms with Crippen molar-refractivity contribution >= 4 is 10.2 Å². The maximum atomic E-state index is 10.6. The third-order valence-corrected chi connectivity index (χ3v) is 2.75. The lowest BCUT2D eigenvalue weighted by atomic mass is 10.3. The van der Waals surface area contributed by atoms with Crippen LogP contribution in [0.2, 0.25) is 0 Å². The molecule has 7 heteroatoms. The molecular weight excluding hydrogens is 206 g/mol. The van der Waals surface area contributed by atoms with Gasteiger partial charge >= 0.3 is 0 Å². The van der Waals surface area contributed by atoms with Gasteiger partial charge in [0.2, 0.25) is 0 Å². The zero-order chi connectivity index (χ0) is 10.6. The van der Waals surface area contributed by atoms with E-state index in [9.17, 15) is 8.42 Å². The molecule has 1 fully saturated rings. The highest BCUT2D eigenvalue weighted by Gasteiger charge is 2.19. The number of likely N-dealkylation sites (N-methyl/N-ethyl adjacent to an activating group) is 1. The van der Waals surface area contributed by atoms with Crippen molar-refractivity contribution in [2.45, 2.75) is 13.0 Å². The molecule has 3 N–H and O–H groups in total.